The number of carbonyl (C=O) groups excluding carboxylic acids is 1. The summed E-state index contributed by atoms with van der Waals surface area (Å²) in [7, 11) is 4.15. The van der Waals surface area contributed by atoms with Crippen molar-refractivity contribution in [1.82, 2.24) is 9.80 Å². The highest BCUT2D eigenvalue weighted by Gasteiger charge is 2.43. The van der Waals surface area contributed by atoms with Gasteiger partial charge in [-0.3, -0.25) is 4.79 Å². The van der Waals surface area contributed by atoms with Crippen LogP contribution >= 0.6 is 0 Å². The van der Waals surface area contributed by atoms with Crippen LogP contribution in [0.5, 0.6) is 0 Å². The first-order valence-corrected chi connectivity index (χ1v) is 6.83. The lowest BCUT2D eigenvalue weighted by Gasteiger charge is -2.37. The predicted molar refractivity (Wildman–Crippen MR) is 70.2 cm³/mol. The largest absolute Gasteiger partial charge is 0.381 e. The number of likely N-dealkylation sites (tertiary alicyclic amines) is 1. The Morgan fingerprint density at radius 1 is 1.44 bits per heavy atom. The second kappa shape index (κ2) is 5.55. The SMILES string of the molecule is CN(C)C1CCN(C(=O)C2(CN)CCOCC2)C1. The van der Waals surface area contributed by atoms with Gasteiger partial charge in [0.15, 0.2) is 0 Å². The zero-order valence-corrected chi connectivity index (χ0v) is 11.5. The maximum absolute atomic E-state index is 12.7. The molecule has 0 saturated carbocycles. The van der Waals surface area contributed by atoms with Gasteiger partial charge in [-0.1, -0.05) is 0 Å². The van der Waals surface area contributed by atoms with Gasteiger partial charge >= 0.3 is 0 Å². The van der Waals surface area contributed by atoms with Crippen molar-refractivity contribution in [2.45, 2.75) is 25.3 Å². The Kier molecular flexibility index (Phi) is 4.25. The topological polar surface area (TPSA) is 58.8 Å². The third-order valence-corrected chi connectivity index (χ3v) is 4.48. The summed E-state index contributed by atoms with van der Waals surface area (Å²) in [5, 5.41) is 0. The number of hydrogen-bond acceptors (Lipinski definition) is 4. The fourth-order valence-corrected chi connectivity index (χ4v) is 2.95. The van der Waals surface area contributed by atoms with Gasteiger partial charge in [-0.2, -0.15) is 0 Å². The smallest absolute Gasteiger partial charge is 0.230 e. The van der Waals surface area contributed by atoms with E-state index in [-0.39, 0.29) is 11.3 Å². The van der Waals surface area contributed by atoms with Crippen molar-refractivity contribution < 1.29 is 9.53 Å². The van der Waals surface area contributed by atoms with Crippen molar-refractivity contribution in [3.05, 3.63) is 0 Å². The van der Waals surface area contributed by atoms with E-state index in [4.69, 9.17) is 10.5 Å². The molecule has 0 aromatic carbocycles. The second-order valence-electron chi connectivity index (χ2n) is 5.75. The van der Waals surface area contributed by atoms with E-state index < -0.39 is 0 Å². The van der Waals surface area contributed by atoms with Crippen LogP contribution in [0.15, 0.2) is 0 Å². The first-order valence-electron chi connectivity index (χ1n) is 6.83. The summed E-state index contributed by atoms with van der Waals surface area (Å²) < 4.78 is 5.36. The van der Waals surface area contributed by atoms with Crippen LogP contribution in [0.2, 0.25) is 0 Å². The monoisotopic (exact) mass is 255 g/mol. The van der Waals surface area contributed by atoms with Gasteiger partial charge in [0.05, 0.1) is 5.41 Å². The normalized spacial score (nSPS) is 27.8. The Bertz CT molecular complexity index is 301. The van der Waals surface area contributed by atoms with Crippen molar-refractivity contribution in [2.75, 3.05) is 46.9 Å². The number of ether oxygens (including phenoxy) is 1. The lowest BCUT2D eigenvalue weighted by atomic mass is 9.79. The van der Waals surface area contributed by atoms with Crippen LogP contribution < -0.4 is 5.73 Å². The Labute approximate surface area is 109 Å². The summed E-state index contributed by atoms with van der Waals surface area (Å²) in [5.41, 5.74) is 5.53. The zero-order valence-electron chi connectivity index (χ0n) is 11.5. The molecular formula is C13H25N3O2. The quantitative estimate of drug-likeness (QED) is 0.765. The van der Waals surface area contributed by atoms with Crippen LogP contribution in [0.4, 0.5) is 0 Å². The number of nitrogens with two attached hydrogens (primary N) is 1. The van der Waals surface area contributed by atoms with Crippen molar-refractivity contribution in [3.8, 4) is 0 Å². The van der Waals surface area contributed by atoms with Crippen molar-refractivity contribution in [2.24, 2.45) is 11.1 Å². The minimum atomic E-state index is -0.362. The molecule has 5 heteroatoms. The number of amides is 1. The number of rotatable bonds is 3. The lowest BCUT2D eigenvalue weighted by molar-refractivity contribution is -0.146. The molecule has 2 saturated heterocycles. The van der Waals surface area contributed by atoms with E-state index in [1.165, 1.54) is 0 Å². The molecule has 2 fully saturated rings. The van der Waals surface area contributed by atoms with E-state index >= 15 is 0 Å². The average Bonchev–Trinajstić information content (AvgIpc) is 2.88. The summed E-state index contributed by atoms with van der Waals surface area (Å²) in [6.07, 6.45) is 2.60. The van der Waals surface area contributed by atoms with Gasteiger partial charge < -0.3 is 20.3 Å². The highest BCUT2D eigenvalue weighted by atomic mass is 16.5. The zero-order chi connectivity index (χ0) is 13.2. The third-order valence-electron chi connectivity index (χ3n) is 4.48. The molecule has 0 radical (unpaired) electrons. The standard InChI is InChI=1S/C13H25N3O2/c1-15(2)11-3-6-16(9-11)12(17)13(10-14)4-7-18-8-5-13/h11H,3-10,14H2,1-2H3. The fourth-order valence-electron chi connectivity index (χ4n) is 2.95. The van der Waals surface area contributed by atoms with Gasteiger partial charge in [-0.25, -0.2) is 0 Å². The summed E-state index contributed by atoms with van der Waals surface area (Å²) in [5.74, 6) is 0.248. The van der Waals surface area contributed by atoms with E-state index in [0.29, 0.717) is 25.8 Å². The summed E-state index contributed by atoms with van der Waals surface area (Å²) in [6.45, 7) is 3.47. The van der Waals surface area contributed by atoms with Crippen molar-refractivity contribution >= 4 is 5.91 Å². The molecule has 18 heavy (non-hydrogen) atoms. The first-order chi connectivity index (χ1) is 8.59. The van der Waals surface area contributed by atoms with Gasteiger partial charge in [-0.15, -0.1) is 0 Å². The molecule has 2 aliphatic heterocycles. The Morgan fingerprint density at radius 2 is 2.11 bits per heavy atom. The summed E-state index contributed by atoms with van der Waals surface area (Å²) >= 11 is 0. The molecule has 2 heterocycles. The number of likely N-dealkylation sites (N-methyl/N-ethyl adjacent to an activating group) is 1. The molecule has 1 atom stereocenters. The molecule has 0 aliphatic carbocycles. The van der Waals surface area contributed by atoms with Gasteiger partial charge in [0, 0.05) is 38.9 Å². The summed E-state index contributed by atoms with van der Waals surface area (Å²) in [6, 6.07) is 0.489. The van der Waals surface area contributed by atoms with Crippen LogP contribution in [0.25, 0.3) is 0 Å². The van der Waals surface area contributed by atoms with E-state index in [2.05, 4.69) is 19.0 Å². The maximum atomic E-state index is 12.7. The molecule has 0 aromatic heterocycles. The number of nitrogens with zero attached hydrogens (tertiary/aromatic N) is 2. The minimum Gasteiger partial charge on any atom is -0.381 e. The maximum Gasteiger partial charge on any atom is 0.230 e. The third kappa shape index (κ3) is 2.53. The molecule has 1 unspecified atom stereocenters. The fraction of sp³-hybridized carbons (Fsp3) is 0.923. The van der Waals surface area contributed by atoms with Gasteiger partial charge in [0.25, 0.3) is 0 Å². The highest BCUT2D eigenvalue weighted by Crippen LogP contribution is 2.33. The predicted octanol–water partition coefficient (Wildman–Crippen LogP) is -0.0956. The van der Waals surface area contributed by atoms with Crippen molar-refractivity contribution in [1.29, 1.82) is 0 Å². The van der Waals surface area contributed by atoms with E-state index in [1.54, 1.807) is 0 Å². The molecular weight excluding hydrogens is 230 g/mol. The van der Waals surface area contributed by atoms with Crippen LogP contribution in [0, 0.1) is 5.41 Å². The first kappa shape index (κ1) is 13.8. The molecule has 2 rings (SSSR count). The van der Waals surface area contributed by atoms with Gasteiger partial charge in [0.1, 0.15) is 0 Å². The van der Waals surface area contributed by atoms with Gasteiger partial charge in [0.2, 0.25) is 5.91 Å². The molecule has 1 amide bonds. The van der Waals surface area contributed by atoms with Gasteiger partial charge in [-0.05, 0) is 33.4 Å². The molecule has 0 bridgehead atoms. The summed E-state index contributed by atoms with van der Waals surface area (Å²) in [4.78, 5) is 16.9. The van der Waals surface area contributed by atoms with E-state index in [0.717, 1.165) is 32.4 Å². The molecule has 5 nitrogen and oxygen atoms in total. The average molecular weight is 255 g/mol. The molecule has 2 N–H and O–H groups in total. The highest BCUT2D eigenvalue weighted by molar-refractivity contribution is 5.83. The minimum absolute atomic E-state index is 0.248. The Balaban J connectivity index is 2.02. The van der Waals surface area contributed by atoms with Crippen LogP contribution in [-0.4, -0.2) is 68.7 Å². The Hall–Kier alpha value is -0.650. The van der Waals surface area contributed by atoms with E-state index in [9.17, 15) is 4.79 Å². The van der Waals surface area contributed by atoms with E-state index in [1.807, 2.05) is 4.90 Å². The lowest BCUT2D eigenvalue weighted by Crippen LogP contribution is -2.50. The second-order valence-corrected chi connectivity index (χ2v) is 5.75. The molecule has 0 aromatic rings. The van der Waals surface area contributed by atoms with Crippen LogP contribution in [-0.2, 0) is 9.53 Å². The van der Waals surface area contributed by atoms with Crippen LogP contribution in [0.1, 0.15) is 19.3 Å². The Morgan fingerprint density at radius 3 is 2.61 bits per heavy atom. The molecule has 0 spiro atoms. The number of hydrogen-bond donors (Lipinski definition) is 1. The molecule has 104 valence electrons. The number of carbonyl (C=O) groups is 1. The molecule has 2 aliphatic rings. The van der Waals surface area contributed by atoms with Crippen molar-refractivity contribution in [3.63, 3.8) is 0 Å². The van der Waals surface area contributed by atoms with Crippen LogP contribution in [0.3, 0.4) is 0 Å².